The normalized spacial score (nSPS) is 10.5. The summed E-state index contributed by atoms with van der Waals surface area (Å²) in [6.45, 7) is 1.83. The van der Waals surface area contributed by atoms with Crippen molar-refractivity contribution >= 4 is 11.6 Å². The minimum absolute atomic E-state index is 0.893. The molecule has 0 fully saturated rings. The molecule has 19 heavy (non-hydrogen) atoms. The van der Waals surface area contributed by atoms with E-state index < -0.39 is 0 Å². The molecule has 102 valence electrons. The molecule has 0 aliphatic carbocycles. The summed E-state index contributed by atoms with van der Waals surface area (Å²) in [6.07, 6.45) is 8.24. The molecular formula is C13H20N6. The Kier molecular flexibility index (Phi) is 4.33. The van der Waals surface area contributed by atoms with Gasteiger partial charge in [-0.3, -0.25) is 4.68 Å². The van der Waals surface area contributed by atoms with Gasteiger partial charge in [0.05, 0.1) is 0 Å². The molecule has 0 aliphatic heterocycles. The molecular weight excluding hydrogens is 240 g/mol. The molecule has 6 heteroatoms. The number of hydrogen-bond acceptors (Lipinski definition) is 5. The molecule has 0 spiro atoms. The van der Waals surface area contributed by atoms with Crippen LogP contribution in [0.3, 0.4) is 0 Å². The summed E-state index contributed by atoms with van der Waals surface area (Å²) in [5.41, 5.74) is 0. The summed E-state index contributed by atoms with van der Waals surface area (Å²) in [6, 6.07) is 1.94. The van der Waals surface area contributed by atoms with Gasteiger partial charge in [-0.05, 0) is 12.5 Å². The Hall–Kier alpha value is -2.11. The van der Waals surface area contributed by atoms with E-state index in [-0.39, 0.29) is 0 Å². The van der Waals surface area contributed by atoms with Gasteiger partial charge in [0.1, 0.15) is 0 Å². The van der Waals surface area contributed by atoms with E-state index in [9.17, 15) is 0 Å². The van der Waals surface area contributed by atoms with Crippen molar-refractivity contribution in [3.63, 3.8) is 0 Å². The van der Waals surface area contributed by atoms with Crippen LogP contribution in [-0.4, -0.2) is 47.4 Å². The fourth-order valence-corrected chi connectivity index (χ4v) is 1.92. The zero-order valence-electron chi connectivity index (χ0n) is 11.7. The van der Waals surface area contributed by atoms with Gasteiger partial charge in [0.15, 0.2) is 11.6 Å². The van der Waals surface area contributed by atoms with Crippen LogP contribution in [0.2, 0.25) is 0 Å². The highest BCUT2D eigenvalue weighted by molar-refractivity contribution is 5.60. The lowest BCUT2D eigenvalue weighted by atomic mass is 10.3. The molecule has 2 aromatic rings. The summed E-state index contributed by atoms with van der Waals surface area (Å²) in [4.78, 5) is 12.9. The van der Waals surface area contributed by atoms with Crippen molar-refractivity contribution in [2.45, 2.75) is 13.0 Å². The van der Waals surface area contributed by atoms with Gasteiger partial charge in [0.2, 0.25) is 0 Å². The molecule has 0 aromatic carbocycles. The molecule has 0 aliphatic rings. The number of rotatable bonds is 6. The van der Waals surface area contributed by atoms with Crippen LogP contribution in [-0.2, 0) is 6.54 Å². The summed E-state index contributed by atoms with van der Waals surface area (Å²) in [5, 5.41) is 4.19. The van der Waals surface area contributed by atoms with Crippen molar-refractivity contribution < 1.29 is 0 Å². The predicted octanol–water partition coefficient (Wildman–Crippen LogP) is 1.27. The Labute approximate surface area is 113 Å². The van der Waals surface area contributed by atoms with E-state index >= 15 is 0 Å². The summed E-state index contributed by atoms with van der Waals surface area (Å²) in [5.74, 6) is 1.80. The maximum Gasteiger partial charge on any atom is 0.171 e. The second-order valence-corrected chi connectivity index (χ2v) is 4.64. The molecule has 2 rings (SSSR count). The van der Waals surface area contributed by atoms with E-state index in [1.807, 2.05) is 43.0 Å². The van der Waals surface area contributed by atoms with Gasteiger partial charge >= 0.3 is 0 Å². The number of anilines is 2. The fraction of sp³-hybridized carbons (Fsp3) is 0.462. The molecule has 0 saturated carbocycles. The highest BCUT2D eigenvalue weighted by Gasteiger charge is 2.11. The van der Waals surface area contributed by atoms with Crippen LogP contribution >= 0.6 is 0 Å². The van der Waals surface area contributed by atoms with Crippen molar-refractivity contribution in [2.24, 2.45) is 0 Å². The van der Waals surface area contributed by atoms with Gasteiger partial charge in [-0.25, -0.2) is 9.97 Å². The SMILES string of the molecule is CN(C)c1nccnc1N(C)CCCn1cccn1. The van der Waals surface area contributed by atoms with Gasteiger partial charge in [0.25, 0.3) is 0 Å². The Morgan fingerprint density at radius 3 is 2.42 bits per heavy atom. The Balaban J connectivity index is 1.94. The van der Waals surface area contributed by atoms with E-state index in [2.05, 4.69) is 20.0 Å². The second-order valence-electron chi connectivity index (χ2n) is 4.64. The first-order valence-corrected chi connectivity index (χ1v) is 6.35. The van der Waals surface area contributed by atoms with Crippen molar-refractivity contribution in [3.05, 3.63) is 30.9 Å². The van der Waals surface area contributed by atoms with Crippen LogP contribution in [0.5, 0.6) is 0 Å². The van der Waals surface area contributed by atoms with Gasteiger partial charge in [0, 0.05) is 59.0 Å². The molecule has 0 amide bonds. The smallest absolute Gasteiger partial charge is 0.171 e. The maximum atomic E-state index is 4.41. The van der Waals surface area contributed by atoms with Crippen molar-refractivity contribution in [1.29, 1.82) is 0 Å². The van der Waals surface area contributed by atoms with Gasteiger partial charge in [-0.15, -0.1) is 0 Å². The first-order valence-electron chi connectivity index (χ1n) is 6.35. The van der Waals surface area contributed by atoms with Crippen molar-refractivity contribution in [3.8, 4) is 0 Å². The highest BCUT2D eigenvalue weighted by Crippen LogP contribution is 2.20. The molecule has 2 heterocycles. The molecule has 0 saturated heterocycles. The summed E-state index contributed by atoms with van der Waals surface area (Å²) < 4.78 is 1.94. The Morgan fingerprint density at radius 2 is 1.79 bits per heavy atom. The van der Waals surface area contributed by atoms with Crippen LogP contribution < -0.4 is 9.80 Å². The fourth-order valence-electron chi connectivity index (χ4n) is 1.92. The van der Waals surface area contributed by atoms with Gasteiger partial charge in [-0.1, -0.05) is 0 Å². The van der Waals surface area contributed by atoms with E-state index in [0.717, 1.165) is 31.1 Å². The standard InChI is InChI=1S/C13H20N6/c1-17(2)12-13(15-8-7-14-12)18(3)9-5-11-19-10-4-6-16-19/h4,6-8,10H,5,9,11H2,1-3H3. The first kappa shape index (κ1) is 13.3. The van der Waals surface area contributed by atoms with Gasteiger partial charge < -0.3 is 9.80 Å². The number of nitrogens with zero attached hydrogens (tertiary/aromatic N) is 6. The molecule has 0 N–H and O–H groups in total. The van der Waals surface area contributed by atoms with Gasteiger partial charge in [-0.2, -0.15) is 5.10 Å². The first-order chi connectivity index (χ1) is 9.18. The topological polar surface area (TPSA) is 50.1 Å². The lowest BCUT2D eigenvalue weighted by Gasteiger charge is -2.23. The molecule has 0 bridgehead atoms. The minimum Gasteiger partial charge on any atom is -0.360 e. The monoisotopic (exact) mass is 260 g/mol. The Morgan fingerprint density at radius 1 is 1.05 bits per heavy atom. The molecule has 0 radical (unpaired) electrons. The van der Waals surface area contributed by atoms with Crippen LogP contribution in [0.1, 0.15) is 6.42 Å². The van der Waals surface area contributed by atoms with Crippen LogP contribution in [0.25, 0.3) is 0 Å². The third-order valence-corrected chi connectivity index (χ3v) is 2.89. The molecule has 0 atom stereocenters. The third kappa shape index (κ3) is 3.43. The quantitative estimate of drug-likeness (QED) is 0.782. The third-order valence-electron chi connectivity index (χ3n) is 2.89. The van der Waals surface area contributed by atoms with Crippen molar-refractivity contribution in [2.75, 3.05) is 37.5 Å². The van der Waals surface area contributed by atoms with Crippen LogP contribution in [0.15, 0.2) is 30.9 Å². The summed E-state index contributed by atoms with van der Waals surface area (Å²) >= 11 is 0. The molecule has 2 aromatic heterocycles. The zero-order valence-corrected chi connectivity index (χ0v) is 11.7. The highest BCUT2D eigenvalue weighted by atomic mass is 15.3. The van der Waals surface area contributed by atoms with E-state index in [0.29, 0.717) is 0 Å². The average Bonchev–Trinajstić information content (AvgIpc) is 2.91. The lowest BCUT2D eigenvalue weighted by molar-refractivity contribution is 0.577. The number of aromatic nitrogens is 4. The predicted molar refractivity (Wildman–Crippen MR) is 76.5 cm³/mol. The average molecular weight is 260 g/mol. The molecule has 6 nitrogen and oxygen atoms in total. The van der Waals surface area contributed by atoms with Crippen molar-refractivity contribution in [1.82, 2.24) is 19.7 Å². The summed E-state index contributed by atoms with van der Waals surface area (Å²) in [7, 11) is 6.00. The Bertz CT molecular complexity index is 494. The largest absolute Gasteiger partial charge is 0.360 e. The minimum atomic E-state index is 0.893. The van der Waals surface area contributed by atoms with E-state index in [1.54, 1.807) is 18.6 Å². The van der Waals surface area contributed by atoms with Crippen LogP contribution in [0.4, 0.5) is 11.6 Å². The zero-order chi connectivity index (χ0) is 13.7. The van der Waals surface area contributed by atoms with E-state index in [4.69, 9.17) is 0 Å². The van der Waals surface area contributed by atoms with Crippen LogP contribution in [0, 0.1) is 0 Å². The number of hydrogen-bond donors (Lipinski definition) is 0. The number of aryl methyl sites for hydroxylation is 1. The maximum absolute atomic E-state index is 4.41. The lowest BCUT2D eigenvalue weighted by Crippen LogP contribution is -2.24. The van der Waals surface area contributed by atoms with E-state index in [1.165, 1.54) is 0 Å². The molecule has 0 unspecified atom stereocenters. The second kappa shape index (κ2) is 6.17.